The van der Waals surface area contributed by atoms with Gasteiger partial charge in [-0.05, 0) is 55.2 Å². The van der Waals surface area contributed by atoms with E-state index in [0.29, 0.717) is 12.2 Å². The van der Waals surface area contributed by atoms with Gasteiger partial charge in [-0.2, -0.15) is 0 Å². The number of carbonyl (C=O) groups excluding carboxylic acids is 1. The number of nitrogens with one attached hydrogen (secondary N) is 2. The Kier molecular flexibility index (Phi) is 6.45. The normalized spacial score (nSPS) is 11.2. The fourth-order valence-corrected chi connectivity index (χ4v) is 3.28. The maximum Gasteiger partial charge on any atom is 0.240 e. The molecule has 0 aliphatic carbocycles. The fraction of sp³-hybridized carbons (Fsp3) is 0.294. The summed E-state index contributed by atoms with van der Waals surface area (Å²) in [6.45, 7) is 1.79. The van der Waals surface area contributed by atoms with Gasteiger partial charge in [-0.15, -0.1) is 0 Å². The van der Waals surface area contributed by atoms with Crippen molar-refractivity contribution in [3.05, 3.63) is 54.4 Å². The average Bonchev–Trinajstić information content (AvgIpc) is 2.55. The molecule has 6 nitrogen and oxygen atoms in total. The molecule has 0 saturated carbocycles. The molecule has 2 N–H and O–H groups in total. The van der Waals surface area contributed by atoms with Gasteiger partial charge in [-0.1, -0.05) is 6.07 Å². The Morgan fingerprint density at radius 2 is 1.88 bits per heavy atom. The molecule has 1 heterocycles. The van der Waals surface area contributed by atoms with Crippen molar-refractivity contribution in [1.29, 1.82) is 0 Å². The van der Waals surface area contributed by atoms with Gasteiger partial charge in [0.25, 0.3) is 0 Å². The molecule has 2 rings (SSSR count). The first-order chi connectivity index (χ1) is 11.5. The molecule has 24 heavy (non-hydrogen) atoms. The molecule has 0 atom stereocenters. The van der Waals surface area contributed by atoms with Crippen molar-refractivity contribution in [2.45, 2.75) is 31.1 Å². The molecule has 0 saturated heterocycles. The highest BCUT2D eigenvalue weighted by molar-refractivity contribution is 7.89. The van der Waals surface area contributed by atoms with Crippen molar-refractivity contribution in [1.82, 2.24) is 9.71 Å². The Morgan fingerprint density at radius 3 is 2.50 bits per heavy atom. The first-order valence-electron chi connectivity index (χ1n) is 7.73. The van der Waals surface area contributed by atoms with E-state index in [1.807, 2.05) is 18.3 Å². The number of hydrogen-bond acceptors (Lipinski definition) is 4. The van der Waals surface area contributed by atoms with Gasteiger partial charge in [0.2, 0.25) is 15.9 Å². The second-order valence-corrected chi connectivity index (χ2v) is 7.19. The van der Waals surface area contributed by atoms with Crippen LogP contribution in [0.2, 0.25) is 0 Å². The summed E-state index contributed by atoms with van der Waals surface area (Å²) in [4.78, 5) is 15.2. The largest absolute Gasteiger partial charge is 0.326 e. The van der Waals surface area contributed by atoms with E-state index >= 15 is 0 Å². The number of unbranched alkanes of at least 4 members (excludes halogenated alkanes) is 1. The smallest absolute Gasteiger partial charge is 0.240 e. The highest BCUT2D eigenvalue weighted by atomic mass is 32.2. The monoisotopic (exact) mass is 347 g/mol. The van der Waals surface area contributed by atoms with Crippen LogP contribution in [0.15, 0.2) is 53.7 Å². The van der Waals surface area contributed by atoms with Gasteiger partial charge in [-0.3, -0.25) is 9.78 Å². The quantitative estimate of drug-likeness (QED) is 0.718. The number of rotatable bonds is 8. The second kappa shape index (κ2) is 8.56. The number of sulfonamides is 1. The summed E-state index contributed by atoms with van der Waals surface area (Å²) in [6, 6.07) is 9.99. The molecule has 1 aromatic carbocycles. The SMILES string of the molecule is CC(=O)Nc1ccc(S(=O)(=O)NCCCCc2cccnc2)cc1. The van der Waals surface area contributed by atoms with Crippen LogP contribution in [0, 0.1) is 0 Å². The van der Waals surface area contributed by atoms with E-state index < -0.39 is 10.0 Å². The van der Waals surface area contributed by atoms with Gasteiger partial charge in [-0.25, -0.2) is 13.1 Å². The summed E-state index contributed by atoms with van der Waals surface area (Å²) in [5.74, 6) is -0.197. The third kappa shape index (κ3) is 5.75. The Bertz CT molecular complexity index is 759. The van der Waals surface area contributed by atoms with Gasteiger partial charge in [0.1, 0.15) is 0 Å². The van der Waals surface area contributed by atoms with Gasteiger partial charge in [0, 0.05) is 31.5 Å². The number of carbonyl (C=O) groups is 1. The van der Waals surface area contributed by atoms with E-state index in [1.165, 1.54) is 19.1 Å². The van der Waals surface area contributed by atoms with Crippen LogP contribution in [0.5, 0.6) is 0 Å². The molecule has 0 spiro atoms. The first-order valence-corrected chi connectivity index (χ1v) is 9.22. The van der Waals surface area contributed by atoms with Crippen LogP contribution in [0.4, 0.5) is 5.69 Å². The molecule has 2 aromatic rings. The maximum absolute atomic E-state index is 12.2. The molecular formula is C17H21N3O3S. The number of aromatic nitrogens is 1. The van der Waals surface area contributed by atoms with Gasteiger partial charge >= 0.3 is 0 Å². The number of aryl methyl sites for hydroxylation is 1. The van der Waals surface area contributed by atoms with E-state index in [9.17, 15) is 13.2 Å². The van der Waals surface area contributed by atoms with Crippen LogP contribution in [-0.2, 0) is 21.2 Å². The Labute approximate surface area is 142 Å². The number of nitrogens with zero attached hydrogens (tertiary/aromatic N) is 1. The van der Waals surface area contributed by atoms with E-state index in [2.05, 4.69) is 15.0 Å². The van der Waals surface area contributed by atoms with Gasteiger partial charge < -0.3 is 5.32 Å². The fourth-order valence-electron chi connectivity index (χ4n) is 2.21. The van der Waals surface area contributed by atoms with Gasteiger partial charge in [0.15, 0.2) is 0 Å². The van der Waals surface area contributed by atoms with Crippen LogP contribution in [0.1, 0.15) is 25.3 Å². The molecule has 1 amide bonds. The zero-order valence-corrected chi connectivity index (χ0v) is 14.3. The van der Waals surface area contributed by atoms with Crippen LogP contribution in [0.3, 0.4) is 0 Å². The summed E-state index contributed by atoms with van der Waals surface area (Å²) < 4.78 is 27.0. The first kappa shape index (κ1) is 18.1. The molecule has 128 valence electrons. The molecule has 0 aliphatic heterocycles. The molecule has 0 fully saturated rings. The molecular weight excluding hydrogens is 326 g/mol. The van der Waals surface area contributed by atoms with Crippen LogP contribution in [0.25, 0.3) is 0 Å². The summed E-state index contributed by atoms with van der Waals surface area (Å²) in [5, 5.41) is 2.60. The Hall–Kier alpha value is -2.25. The van der Waals surface area contributed by atoms with Crippen molar-refractivity contribution >= 4 is 21.6 Å². The number of amides is 1. The molecule has 1 aromatic heterocycles. The zero-order chi connectivity index (χ0) is 17.4. The van der Waals surface area contributed by atoms with Crippen LogP contribution >= 0.6 is 0 Å². The maximum atomic E-state index is 12.2. The Balaban J connectivity index is 1.79. The summed E-state index contributed by atoms with van der Waals surface area (Å²) in [5.41, 5.74) is 1.71. The summed E-state index contributed by atoms with van der Waals surface area (Å²) >= 11 is 0. The summed E-state index contributed by atoms with van der Waals surface area (Å²) in [6.07, 6.45) is 6.06. The lowest BCUT2D eigenvalue weighted by molar-refractivity contribution is -0.114. The van der Waals surface area contributed by atoms with Crippen molar-refractivity contribution in [3.8, 4) is 0 Å². The molecule has 0 radical (unpaired) electrons. The Morgan fingerprint density at radius 1 is 1.12 bits per heavy atom. The number of pyridine rings is 1. The number of anilines is 1. The lowest BCUT2D eigenvalue weighted by atomic mass is 10.1. The highest BCUT2D eigenvalue weighted by Gasteiger charge is 2.13. The van der Waals surface area contributed by atoms with Crippen LogP contribution < -0.4 is 10.0 Å². The molecule has 0 unspecified atom stereocenters. The van der Waals surface area contributed by atoms with E-state index in [1.54, 1.807) is 18.3 Å². The van der Waals surface area contributed by atoms with Crippen molar-refractivity contribution in [3.63, 3.8) is 0 Å². The minimum Gasteiger partial charge on any atom is -0.326 e. The standard InChI is InChI=1S/C17H21N3O3S/c1-14(21)20-16-7-9-17(10-8-16)24(22,23)19-12-3-2-5-15-6-4-11-18-13-15/h4,6-11,13,19H,2-3,5,12H2,1H3,(H,20,21). The summed E-state index contributed by atoms with van der Waals surface area (Å²) in [7, 11) is -3.53. The predicted molar refractivity (Wildman–Crippen MR) is 93.1 cm³/mol. The van der Waals surface area contributed by atoms with E-state index in [-0.39, 0.29) is 10.8 Å². The van der Waals surface area contributed by atoms with Crippen LogP contribution in [-0.4, -0.2) is 25.9 Å². The average molecular weight is 347 g/mol. The highest BCUT2D eigenvalue weighted by Crippen LogP contribution is 2.14. The van der Waals surface area contributed by atoms with Crippen molar-refractivity contribution in [2.24, 2.45) is 0 Å². The third-order valence-corrected chi connectivity index (χ3v) is 4.87. The lowest BCUT2D eigenvalue weighted by Gasteiger charge is -2.08. The second-order valence-electron chi connectivity index (χ2n) is 5.42. The van der Waals surface area contributed by atoms with Gasteiger partial charge in [0.05, 0.1) is 4.90 Å². The molecule has 7 heteroatoms. The van der Waals surface area contributed by atoms with E-state index in [0.717, 1.165) is 24.8 Å². The van der Waals surface area contributed by atoms with E-state index in [4.69, 9.17) is 0 Å². The lowest BCUT2D eigenvalue weighted by Crippen LogP contribution is -2.24. The van der Waals surface area contributed by atoms with Crippen molar-refractivity contribution in [2.75, 3.05) is 11.9 Å². The zero-order valence-electron chi connectivity index (χ0n) is 13.5. The topological polar surface area (TPSA) is 88.2 Å². The minimum atomic E-state index is -3.53. The third-order valence-electron chi connectivity index (χ3n) is 3.39. The number of hydrogen-bond donors (Lipinski definition) is 2. The minimum absolute atomic E-state index is 0.184. The predicted octanol–water partition coefficient (Wildman–Crippen LogP) is 2.34. The molecule has 0 bridgehead atoms. The number of benzene rings is 1. The van der Waals surface area contributed by atoms with Crippen molar-refractivity contribution < 1.29 is 13.2 Å². The molecule has 0 aliphatic rings.